The van der Waals surface area contributed by atoms with Crippen molar-refractivity contribution < 1.29 is 14.3 Å². The van der Waals surface area contributed by atoms with E-state index in [1.54, 1.807) is 7.11 Å². The molecule has 1 amide bonds. The van der Waals surface area contributed by atoms with Crippen LogP contribution in [0.3, 0.4) is 0 Å². The van der Waals surface area contributed by atoms with Gasteiger partial charge in [-0.3, -0.25) is 4.79 Å². The van der Waals surface area contributed by atoms with Crippen LogP contribution in [-0.2, 0) is 4.79 Å². The Kier molecular flexibility index (Phi) is 4.41. The van der Waals surface area contributed by atoms with Gasteiger partial charge in [-0.25, -0.2) is 0 Å². The van der Waals surface area contributed by atoms with E-state index in [2.05, 4.69) is 10.6 Å². The van der Waals surface area contributed by atoms with Crippen LogP contribution in [0.1, 0.15) is 6.42 Å². The summed E-state index contributed by atoms with van der Waals surface area (Å²) in [5, 5.41) is 6.06. The minimum absolute atomic E-state index is 0.114. The van der Waals surface area contributed by atoms with Crippen LogP contribution in [0.4, 0.5) is 0 Å². The summed E-state index contributed by atoms with van der Waals surface area (Å²) < 4.78 is 10.6. The molecule has 1 aromatic rings. The molecule has 0 aromatic heterocycles. The van der Waals surface area contributed by atoms with E-state index in [1.165, 1.54) is 0 Å². The Morgan fingerprint density at radius 2 is 2.06 bits per heavy atom. The van der Waals surface area contributed by atoms with Crippen molar-refractivity contribution in [3.05, 3.63) is 24.3 Å². The summed E-state index contributed by atoms with van der Waals surface area (Å²) in [6.07, 6.45) is 0.558. The number of rotatable bonds is 6. The van der Waals surface area contributed by atoms with E-state index in [0.717, 1.165) is 18.0 Å². The summed E-state index contributed by atoms with van der Waals surface area (Å²) in [6.45, 7) is 2.02. The van der Waals surface area contributed by atoms with Gasteiger partial charge in [-0.05, 0) is 24.3 Å². The van der Waals surface area contributed by atoms with Gasteiger partial charge in [0, 0.05) is 25.6 Å². The van der Waals surface area contributed by atoms with E-state index in [9.17, 15) is 4.79 Å². The Labute approximate surface area is 106 Å². The standard InChI is InChI=1S/C13H18N2O3/c1-17-11-2-4-12(5-3-11)18-7-6-14-10-8-13(16)15-9-10/h2-5,10,14H,6-9H2,1H3,(H,15,16). The van der Waals surface area contributed by atoms with Gasteiger partial charge in [-0.1, -0.05) is 0 Å². The summed E-state index contributed by atoms with van der Waals surface area (Å²) in [7, 11) is 1.64. The molecule has 0 spiro atoms. The summed E-state index contributed by atoms with van der Waals surface area (Å²) in [5.41, 5.74) is 0. The van der Waals surface area contributed by atoms with Crippen LogP contribution in [0.25, 0.3) is 0 Å². The topological polar surface area (TPSA) is 59.6 Å². The summed E-state index contributed by atoms with van der Waals surface area (Å²) in [5.74, 6) is 1.75. The molecule has 5 nitrogen and oxygen atoms in total. The van der Waals surface area contributed by atoms with Gasteiger partial charge < -0.3 is 20.1 Å². The molecule has 1 aromatic carbocycles. The number of nitrogens with one attached hydrogen (secondary N) is 2. The Balaban J connectivity index is 1.64. The van der Waals surface area contributed by atoms with Crippen molar-refractivity contribution in [2.45, 2.75) is 12.5 Å². The van der Waals surface area contributed by atoms with Gasteiger partial charge in [-0.2, -0.15) is 0 Å². The van der Waals surface area contributed by atoms with Gasteiger partial charge in [0.1, 0.15) is 18.1 Å². The van der Waals surface area contributed by atoms with E-state index >= 15 is 0 Å². The first-order chi connectivity index (χ1) is 8.78. The van der Waals surface area contributed by atoms with Crippen molar-refractivity contribution >= 4 is 5.91 Å². The highest BCUT2D eigenvalue weighted by Gasteiger charge is 2.20. The summed E-state index contributed by atoms with van der Waals surface area (Å²) in [6, 6.07) is 7.71. The van der Waals surface area contributed by atoms with Crippen LogP contribution in [0.15, 0.2) is 24.3 Å². The number of ether oxygens (including phenoxy) is 2. The maximum Gasteiger partial charge on any atom is 0.221 e. The monoisotopic (exact) mass is 250 g/mol. The lowest BCUT2D eigenvalue weighted by molar-refractivity contribution is -0.119. The number of carbonyl (C=O) groups is 1. The van der Waals surface area contributed by atoms with Crippen LogP contribution in [0, 0.1) is 0 Å². The van der Waals surface area contributed by atoms with Gasteiger partial charge in [0.2, 0.25) is 5.91 Å². The molecule has 1 unspecified atom stereocenters. The average Bonchev–Trinajstić information content (AvgIpc) is 2.81. The molecule has 98 valence electrons. The number of hydrogen-bond acceptors (Lipinski definition) is 4. The van der Waals surface area contributed by atoms with E-state index in [1.807, 2.05) is 24.3 Å². The molecule has 2 rings (SSSR count). The number of carbonyl (C=O) groups excluding carboxylic acids is 1. The molecular formula is C13H18N2O3. The van der Waals surface area contributed by atoms with Gasteiger partial charge in [-0.15, -0.1) is 0 Å². The lowest BCUT2D eigenvalue weighted by atomic mass is 10.2. The van der Waals surface area contributed by atoms with Crippen LogP contribution < -0.4 is 20.1 Å². The second-order valence-corrected chi connectivity index (χ2v) is 4.18. The fourth-order valence-electron chi connectivity index (χ4n) is 1.85. The van der Waals surface area contributed by atoms with Gasteiger partial charge >= 0.3 is 0 Å². The fraction of sp³-hybridized carbons (Fsp3) is 0.462. The number of amides is 1. The minimum Gasteiger partial charge on any atom is -0.497 e. The maximum atomic E-state index is 11.0. The first kappa shape index (κ1) is 12.7. The Morgan fingerprint density at radius 3 is 2.67 bits per heavy atom. The quantitative estimate of drug-likeness (QED) is 0.724. The summed E-state index contributed by atoms with van der Waals surface area (Å²) >= 11 is 0. The zero-order valence-electron chi connectivity index (χ0n) is 10.4. The molecule has 18 heavy (non-hydrogen) atoms. The number of methoxy groups -OCH3 is 1. The van der Waals surface area contributed by atoms with Crippen molar-refractivity contribution in [2.24, 2.45) is 0 Å². The van der Waals surface area contributed by atoms with Crippen molar-refractivity contribution in [3.63, 3.8) is 0 Å². The Bertz CT molecular complexity index is 392. The van der Waals surface area contributed by atoms with Crippen molar-refractivity contribution in [1.82, 2.24) is 10.6 Å². The zero-order valence-corrected chi connectivity index (χ0v) is 10.4. The van der Waals surface area contributed by atoms with Crippen LogP contribution >= 0.6 is 0 Å². The average molecular weight is 250 g/mol. The lowest BCUT2D eigenvalue weighted by Crippen LogP contribution is -2.34. The maximum absolute atomic E-state index is 11.0. The Hall–Kier alpha value is -1.75. The predicted octanol–water partition coefficient (Wildman–Crippen LogP) is 0.552. The Morgan fingerprint density at radius 1 is 1.33 bits per heavy atom. The molecule has 1 fully saturated rings. The fourth-order valence-corrected chi connectivity index (χ4v) is 1.85. The molecule has 1 atom stereocenters. The molecule has 0 aliphatic carbocycles. The van der Waals surface area contributed by atoms with Crippen molar-refractivity contribution in [2.75, 3.05) is 26.8 Å². The molecule has 1 aliphatic rings. The van der Waals surface area contributed by atoms with E-state index in [4.69, 9.17) is 9.47 Å². The van der Waals surface area contributed by atoms with E-state index < -0.39 is 0 Å². The second kappa shape index (κ2) is 6.26. The molecule has 2 N–H and O–H groups in total. The SMILES string of the molecule is COc1ccc(OCCNC2CNC(=O)C2)cc1. The third-order valence-corrected chi connectivity index (χ3v) is 2.84. The third kappa shape index (κ3) is 3.63. The number of benzene rings is 1. The van der Waals surface area contributed by atoms with Crippen LogP contribution in [0.2, 0.25) is 0 Å². The first-order valence-corrected chi connectivity index (χ1v) is 6.05. The minimum atomic E-state index is 0.114. The van der Waals surface area contributed by atoms with Gasteiger partial charge in [0.05, 0.1) is 7.11 Å². The summed E-state index contributed by atoms with van der Waals surface area (Å²) in [4.78, 5) is 11.0. The van der Waals surface area contributed by atoms with E-state index in [0.29, 0.717) is 19.6 Å². The van der Waals surface area contributed by atoms with E-state index in [-0.39, 0.29) is 11.9 Å². The van der Waals surface area contributed by atoms with Gasteiger partial charge in [0.25, 0.3) is 0 Å². The third-order valence-electron chi connectivity index (χ3n) is 2.84. The molecule has 1 aliphatic heterocycles. The second-order valence-electron chi connectivity index (χ2n) is 4.18. The highest BCUT2D eigenvalue weighted by atomic mass is 16.5. The van der Waals surface area contributed by atoms with Crippen LogP contribution in [0.5, 0.6) is 11.5 Å². The molecule has 1 saturated heterocycles. The van der Waals surface area contributed by atoms with Gasteiger partial charge in [0.15, 0.2) is 0 Å². The molecular weight excluding hydrogens is 232 g/mol. The lowest BCUT2D eigenvalue weighted by Gasteiger charge is -2.11. The largest absolute Gasteiger partial charge is 0.497 e. The molecule has 1 heterocycles. The highest BCUT2D eigenvalue weighted by Crippen LogP contribution is 2.16. The number of hydrogen-bond donors (Lipinski definition) is 2. The van der Waals surface area contributed by atoms with Crippen molar-refractivity contribution in [3.8, 4) is 11.5 Å². The van der Waals surface area contributed by atoms with Crippen LogP contribution in [-0.4, -0.2) is 38.8 Å². The normalized spacial score (nSPS) is 18.5. The molecule has 5 heteroatoms. The zero-order chi connectivity index (χ0) is 12.8. The smallest absolute Gasteiger partial charge is 0.221 e. The first-order valence-electron chi connectivity index (χ1n) is 6.05. The molecule has 0 saturated carbocycles. The molecule has 0 bridgehead atoms. The predicted molar refractivity (Wildman–Crippen MR) is 67.9 cm³/mol. The van der Waals surface area contributed by atoms with Crippen molar-refractivity contribution in [1.29, 1.82) is 0 Å². The highest BCUT2D eigenvalue weighted by molar-refractivity contribution is 5.78. The molecule has 0 radical (unpaired) electrons.